The molecule has 1 saturated heterocycles. The van der Waals surface area contributed by atoms with E-state index < -0.39 is 0 Å². The van der Waals surface area contributed by atoms with Crippen molar-refractivity contribution in [3.63, 3.8) is 0 Å². The number of hydrogen-bond acceptors (Lipinski definition) is 4. The second-order valence-electron chi connectivity index (χ2n) is 6.89. The molecule has 1 atom stereocenters. The number of aromatic nitrogens is 1. The third-order valence-electron chi connectivity index (χ3n) is 5.24. The first-order valence-corrected chi connectivity index (χ1v) is 9.32. The van der Waals surface area contributed by atoms with Crippen LogP contribution in [0.1, 0.15) is 40.6 Å². The van der Waals surface area contributed by atoms with E-state index in [1.54, 1.807) is 49.6 Å². The normalized spacial score (nSPS) is 16.4. The second kappa shape index (κ2) is 7.38. The van der Waals surface area contributed by atoms with E-state index >= 15 is 0 Å². The minimum atomic E-state index is -0.348. The Bertz CT molecular complexity index is 1050. The lowest BCUT2D eigenvalue weighted by Crippen LogP contribution is -2.36. The van der Waals surface area contributed by atoms with Crippen LogP contribution in [-0.4, -0.2) is 29.0 Å². The Morgan fingerprint density at radius 2 is 2.00 bits per heavy atom. The summed E-state index contributed by atoms with van der Waals surface area (Å²) >= 11 is 0. The number of carbonyl (C=O) groups is 1. The number of likely N-dealkylation sites (tertiary alicyclic amines) is 1. The van der Waals surface area contributed by atoms with Gasteiger partial charge in [0.2, 0.25) is 0 Å². The summed E-state index contributed by atoms with van der Waals surface area (Å²) in [5, 5.41) is 0. The Morgan fingerprint density at radius 1 is 1.18 bits per heavy atom. The summed E-state index contributed by atoms with van der Waals surface area (Å²) in [7, 11) is 1.56. The maximum absolute atomic E-state index is 13.4. The maximum Gasteiger partial charge on any atom is 0.268 e. The summed E-state index contributed by atoms with van der Waals surface area (Å²) in [6.45, 7) is 2.39. The van der Waals surface area contributed by atoms with Crippen LogP contribution in [0.25, 0.3) is 5.69 Å². The average molecular weight is 378 g/mol. The van der Waals surface area contributed by atoms with Crippen molar-refractivity contribution in [3.05, 3.63) is 82.2 Å². The molecule has 0 aliphatic carbocycles. The number of benzene rings is 1. The summed E-state index contributed by atoms with van der Waals surface area (Å²) in [6.07, 6.45) is 4.99. The van der Waals surface area contributed by atoms with Crippen molar-refractivity contribution in [2.45, 2.75) is 25.8 Å². The van der Waals surface area contributed by atoms with Crippen LogP contribution in [0.5, 0.6) is 5.75 Å². The van der Waals surface area contributed by atoms with Crippen molar-refractivity contribution >= 4 is 5.91 Å². The maximum atomic E-state index is 13.4. The number of para-hydroxylation sites is 2. The van der Waals surface area contributed by atoms with Crippen molar-refractivity contribution in [3.8, 4) is 11.4 Å². The predicted molar refractivity (Wildman–Crippen MR) is 105 cm³/mol. The molecule has 0 radical (unpaired) electrons. The van der Waals surface area contributed by atoms with Gasteiger partial charge in [-0.1, -0.05) is 12.1 Å². The van der Waals surface area contributed by atoms with Gasteiger partial charge in [0.15, 0.2) is 0 Å². The van der Waals surface area contributed by atoms with E-state index in [9.17, 15) is 9.59 Å². The van der Waals surface area contributed by atoms with Gasteiger partial charge >= 0.3 is 0 Å². The van der Waals surface area contributed by atoms with Crippen LogP contribution in [-0.2, 0) is 0 Å². The lowest BCUT2D eigenvalue weighted by molar-refractivity contribution is 0.0717. The van der Waals surface area contributed by atoms with E-state index in [4.69, 9.17) is 9.15 Å². The lowest BCUT2D eigenvalue weighted by Gasteiger charge is -2.24. The Balaban J connectivity index is 1.78. The first-order chi connectivity index (χ1) is 13.6. The summed E-state index contributed by atoms with van der Waals surface area (Å²) in [5.41, 5.74) is 1.10. The average Bonchev–Trinajstić information content (AvgIpc) is 3.39. The molecule has 1 aliphatic heterocycles. The van der Waals surface area contributed by atoms with Gasteiger partial charge in [0.05, 0.1) is 25.1 Å². The third kappa shape index (κ3) is 3.01. The van der Waals surface area contributed by atoms with Crippen LogP contribution in [0.3, 0.4) is 0 Å². The topological polar surface area (TPSA) is 64.7 Å². The van der Waals surface area contributed by atoms with Gasteiger partial charge in [-0.25, -0.2) is 0 Å². The van der Waals surface area contributed by atoms with Gasteiger partial charge in [0, 0.05) is 12.7 Å². The zero-order valence-corrected chi connectivity index (χ0v) is 15.9. The molecule has 1 aliphatic rings. The molecule has 6 heteroatoms. The summed E-state index contributed by atoms with van der Waals surface area (Å²) in [4.78, 5) is 28.4. The first-order valence-electron chi connectivity index (χ1n) is 9.32. The number of pyridine rings is 1. The van der Waals surface area contributed by atoms with Crippen molar-refractivity contribution in [1.82, 2.24) is 9.47 Å². The molecule has 0 N–H and O–H groups in total. The van der Waals surface area contributed by atoms with Gasteiger partial charge in [0.1, 0.15) is 17.1 Å². The van der Waals surface area contributed by atoms with Crippen LogP contribution in [0.4, 0.5) is 0 Å². The van der Waals surface area contributed by atoms with Crippen molar-refractivity contribution in [2.75, 3.05) is 13.7 Å². The molecule has 1 unspecified atom stereocenters. The minimum absolute atomic E-state index is 0.138. The highest BCUT2D eigenvalue weighted by molar-refractivity contribution is 5.95. The second-order valence-corrected chi connectivity index (χ2v) is 6.89. The fraction of sp³-hybridized carbons (Fsp3) is 0.273. The van der Waals surface area contributed by atoms with E-state index in [2.05, 4.69) is 0 Å². The van der Waals surface area contributed by atoms with Gasteiger partial charge in [-0.2, -0.15) is 0 Å². The van der Waals surface area contributed by atoms with Gasteiger partial charge in [0.25, 0.3) is 11.5 Å². The number of hydrogen-bond donors (Lipinski definition) is 0. The fourth-order valence-electron chi connectivity index (χ4n) is 3.84. The molecular formula is C22H22N2O4. The fourth-order valence-corrected chi connectivity index (χ4v) is 3.84. The lowest BCUT2D eigenvalue weighted by atomic mass is 10.1. The van der Waals surface area contributed by atoms with Crippen LogP contribution in [0.15, 0.2) is 64.1 Å². The molecule has 144 valence electrons. The van der Waals surface area contributed by atoms with Crippen LogP contribution >= 0.6 is 0 Å². The standard InChI is InChI=1S/C22H22N2O4/c1-15-11-13-24(16-7-3-4-9-18(16)27-2)22(26)20(15)21(25)23-12-5-8-17(23)19-10-6-14-28-19/h3-4,6-7,9-11,13-14,17H,5,8,12H2,1-2H3. The number of aryl methyl sites for hydroxylation is 1. The summed E-state index contributed by atoms with van der Waals surface area (Å²) in [6, 6.07) is 12.6. The highest BCUT2D eigenvalue weighted by Gasteiger charge is 2.34. The number of methoxy groups -OCH3 is 1. The molecular weight excluding hydrogens is 356 g/mol. The molecule has 3 heterocycles. The zero-order chi connectivity index (χ0) is 19.7. The van der Waals surface area contributed by atoms with E-state index in [1.165, 1.54) is 4.57 Å². The van der Waals surface area contributed by atoms with Gasteiger partial charge < -0.3 is 14.1 Å². The van der Waals surface area contributed by atoms with Crippen molar-refractivity contribution in [2.24, 2.45) is 0 Å². The Morgan fingerprint density at radius 3 is 2.75 bits per heavy atom. The van der Waals surface area contributed by atoms with Crippen LogP contribution in [0, 0.1) is 6.92 Å². The molecule has 1 fully saturated rings. The molecule has 1 amide bonds. The molecule has 4 rings (SSSR count). The van der Waals surface area contributed by atoms with Crippen molar-refractivity contribution in [1.29, 1.82) is 0 Å². The van der Waals surface area contributed by atoms with E-state index in [1.807, 2.05) is 24.3 Å². The number of ether oxygens (including phenoxy) is 1. The molecule has 0 spiro atoms. The van der Waals surface area contributed by atoms with Crippen LogP contribution < -0.4 is 10.3 Å². The SMILES string of the molecule is COc1ccccc1-n1ccc(C)c(C(=O)N2CCCC2c2ccco2)c1=O. The highest BCUT2D eigenvalue weighted by Crippen LogP contribution is 2.33. The highest BCUT2D eigenvalue weighted by atomic mass is 16.5. The molecule has 6 nitrogen and oxygen atoms in total. The van der Waals surface area contributed by atoms with Gasteiger partial charge in [-0.15, -0.1) is 0 Å². The van der Waals surface area contributed by atoms with E-state index in [-0.39, 0.29) is 23.1 Å². The van der Waals surface area contributed by atoms with E-state index in [0.717, 1.165) is 18.6 Å². The number of rotatable bonds is 4. The number of carbonyl (C=O) groups excluding carboxylic acids is 1. The Kier molecular flexibility index (Phi) is 4.77. The molecule has 2 aromatic heterocycles. The largest absolute Gasteiger partial charge is 0.495 e. The third-order valence-corrected chi connectivity index (χ3v) is 5.24. The van der Waals surface area contributed by atoms with E-state index in [0.29, 0.717) is 23.5 Å². The Hall–Kier alpha value is -3.28. The summed E-state index contributed by atoms with van der Waals surface area (Å²) in [5.74, 6) is 1.07. The number of furan rings is 1. The van der Waals surface area contributed by atoms with Gasteiger partial charge in [-0.3, -0.25) is 14.2 Å². The molecule has 3 aromatic rings. The molecule has 0 bridgehead atoms. The quantitative estimate of drug-likeness (QED) is 0.694. The molecule has 0 saturated carbocycles. The number of nitrogens with zero attached hydrogens (tertiary/aromatic N) is 2. The van der Waals surface area contributed by atoms with Crippen LogP contribution in [0.2, 0.25) is 0 Å². The van der Waals surface area contributed by atoms with Gasteiger partial charge in [-0.05, 0) is 55.7 Å². The number of amides is 1. The molecule has 1 aromatic carbocycles. The monoisotopic (exact) mass is 378 g/mol. The zero-order valence-electron chi connectivity index (χ0n) is 15.9. The minimum Gasteiger partial charge on any atom is -0.495 e. The smallest absolute Gasteiger partial charge is 0.268 e. The summed E-state index contributed by atoms with van der Waals surface area (Å²) < 4.78 is 12.4. The predicted octanol–water partition coefficient (Wildman–Crippen LogP) is 3.72. The first kappa shape index (κ1) is 18.1. The Labute approximate surface area is 163 Å². The molecule has 28 heavy (non-hydrogen) atoms. The van der Waals surface area contributed by atoms with Crippen molar-refractivity contribution < 1.29 is 13.9 Å².